The molecule has 0 unspecified atom stereocenters. The molecule has 0 spiro atoms. The Morgan fingerprint density at radius 3 is 1.46 bits per heavy atom. The molecule has 5 rings (SSSR count). The summed E-state index contributed by atoms with van der Waals surface area (Å²) in [5, 5.41) is 25.0. The Balaban J connectivity index is 1.69. The Morgan fingerprint density at radius 1 is 0.538 bits per heavy atom. The average Bonchev–Trinajstić information content (AvgIpc) is 3.20. The smallest absolute Gasteiger partial charge is 0.155 e. The van der Waals surface area contributed by atoms with Gasteiger partial charge in [0.25, 0.3) is 0 Å². The van der Waals surface area contributed by atoms with Crippen LogP contribution in [0.1, 0.15) is 0 Å². The van der Waals surface area contributed by atoms with Crippen molar-refractivity contribution in [2.75, 3.05) is 0 Å². The highest BCUT2D eigenvalue weighted by atomic mass is 16.5. The number of fused-ring (bicyclic) bond motifs is 2. The second-order valence-electron chi connectivity index (χ2n) is 5.85. The maximum absolute atomic E-state index is 12.5. The van der Waals surface area contributed by atoms with Gasteiger partial charge in [-0.1, -0.05) is 30.3 Å². The molecule has 3 heterocycles. The standard InChI is InChI=1S/C19H11N5O2/c25-23-16-10-3-1-6-12(16)21-18(23)14-8-5-9-15(20-14)19-22-13-7-2-4-11-17(13)24(19)26/h1-11H/q-2. The fraction of sp³-hybridized carbons (Fsp3) is 0. The second-order valence-corrected chi connectivity index (χ2v) is 5.85. The Kier molecular flexibility index (Phi) is 2.96. The molecule has 7 heteroatoms. The minimum Gasteiger partial charge on any atom is -0.804 e. The molecule has 26 heavy (non-hydrogen) atoms. The summed E-state index contributed by atoms with van der Waals surface area (Å²) in [5.74, 6) is 0.392. The maximum Gasteiger partial charge on any atom is 0.155 e. The lowest BCUT2D eigenvalue weighted by Gasteiger charge is -2.14. The van der Waals surface area contributed by atoms with E-state index in [1.807, 2.05) is 12.1 Å². The van der Waals surface area contributed by atoms with Gasteiger partial charge < -0.3 is 19.9 Å². The molecule has 0 bridgehead atoms. The predicted octanol–water partition coefficient (Wildman–Crippen LogP) is 3.81. The molecule has 0 saturated carbocycles. The second kappa shape index (κ2) is 5.32. The molecule has 0 atom stereocenters. The van der Waals surface area contributed by atoms with Crippen molar-refractivity contribution in [1.82, 2.24) is 24.4 Å². The van der Waals surface area contributed by atoms with Crippen molar-refractivity contribution in [3.05, 3.63) is 77.1 Å². The van der Waals surface area contributed by atoms with E-state index in [-0.39, 0.29) is 11.6 Å². The summed E-state index contributed by atoms with van der Waals surface area (Å²) in [6.45, 7) is 0. The summed E-state index contributed by atoms with van der Waals surface area (Å²) in [7, 11) is 0. The number of pyridine rings is 1. The van der Waals surface area contributed by atoms with Gasteiger partial charge in [0.05, 0.1) is 22.1 Å². The molecule has 126 valence electrons. The van der Waals surface area contributed by atoms with E-state index in [0.717, 1.165) is 9.46 Å². The van der Waals surface area contributed by atoms with Gasteiger partial charge in [-0.3, -0.25) is 0 Å². The van der Waals surface area contributed by atoms with E-state index in [1.165, 1.54) is 0 Å². The van der Waals surface area contributed by atoms with E-state index >= 15 is 0 Å². The van der Waals surface area contributed by atoms with Gasteiger partial charge in [-0.25, -0.2) is 15.0 Å². The average molecular weight is 341 g/mol. The Labute approximate surface area is 147 Å². The van der Waals surface area contributed by atoms with Crippen LogP contribution in [0.3, 0.4) is 0 Å². The van der Waals surface area contributed by atoms with Crippen LogP contribution in [-0.2, 0) is 0 Å². The first kappa shape index (κ1) is 14.5. The maximum atomic E-state index is 12.5. The number of nitrogens with zero attached hydrogens (tertiary/aromatic N) is 5. The fourth-order valence-electron chi connectivity index (χ4n) is 3.01. The van der Waals surface area contributed by atoms with Gasteiger partial charge in [0, 0.05) is 0 Å². The van der Waals surface area contributed by atoms with Crippen molar-refractivity contribution in [2.24, 2.45) is 0 Å². The zero-order valence-corrected chi connectivity index (χ0v) is 13.4. The van der Waals surface area contributed by atoms with Gasteiger partial charge in [0.2, 0.25) is 0 Å². The van der Waals surface area contributed by atoms with Gasteiger partial charge in [0.15, 0.2) is 11.6 Å². The van der Waals surface area contributed by atoms with Crippen LogP contribution in [0.5, 0.6) is 0 Å². The van der Waals surface area contributed by atoms with Crippen LogP contribution < -0.4 is 0 Å². The lowest BCUT2D eigenvalue weighted by molar-refractivity contribution is 1.07. The molecule has 0 amide bonds. The molecule has 0 aliphatic heterocycles. The molecule has 0 saturated heterocycles. The first-order valence-electron chi connectivity index (χ1n) is 8.00. The first-order chi connectivity index (χ1) is 12.7. The summed E-state index contributed by atoms with van der Waals surface area (Å²) in [6, 6.07) is 19.3. The predicted molar refractivity (Wildman–Crippen MR) is 99.2 cm³/mol. The van der Waals surface area contributed by atoms with E-state index in [2.05, 4.69) is 15.0 Å². The largest absolute Gasteiger partial charge is 0.804 e. The van der Waals surface area contributed by atoms with E-state index in [1.54, 1.807) is 54.6 Å². The van der Waals surface area contributed by atoms with Crippen LogP contribution in [0.25, 0.3) is 45.1 Å². The normalized spacial score (nSPS) is 11.4. The van der Waals surface area contributed by atoms with E-state index < -0.39 is 0 Å². The van der Waals surface area contributed by atoms with Crippen LogP contribution >= 0.6 is 0 Å². The van der Waals surface area contributed by atoms with Crippen molar-refractivity contribution < 1.29 is 0 Å². The number of hydrogen-bond acceptors (Lipinski definition) is 5. The third-order valence-electron chi connectivity index (χ3n) is 4.25. The molecule has 3 aromatic heterocycles. The summed E-state index contributed by atoms with van der Waals surface area (Å²) in [6.07, 6.45) is 0. The summed E-state index contributed by atoms with van der Waals surface area (Å²) in [4.78, 5) is 13.2. The number of hydrogen-bond donors (Lipinski definition) is 0. The minimum atomic E-state index is 0.196. The van der Waals surface area contributed by atoms with Gasteiger partial charge in [-0.2, -0.15) is 0 Å². The molecule has 0 aliphatic rings. The molecule has 5 aromatic rings. The van der Waals surface area contributed by atoms with Crippen LogP contribution in [-0.4, -0.2) is 24.4 Å². The zero-order chi connectivity index (χ0) is 17.7. The quantitative estimate of drug-likeness (QED) is 0.486. The zero-order valence-electron chi connectivity index (χ0n) is 13.4. The monoisotopic (exact) mass is 341 g/mol. The van der Waals surface area contributed by atoms with Crippen LogP contribution in [0.15, 0.2) is 66.7 Å². The van der Waals surface area contributed by atoms with Crippen molar-refractivity contribution >= 4 is 22.1 Å². The van der Waals surface area contributed by atoms with Gasteiger partial charge >= 0.3 is 0 Å². The van der Waals surface area contributed by atoms with Crippen molar-refractivity contribution in [2.45, 2.75) is 0 Å². The van der Waals surface area contributed by atoms with Crippen LogP contribution in [0.4, 0.5) is 0 Å². The number of aromatic nitrogens is 5. The Morgan fingerprint density at radius 2 is 1.00 bits per heavy atom. The minimum absolute atomic E-state index is 0.196. The van der Waals surface area contributed by atoms with Crippen molar-refractivity contribution in [3.8, 4) is 23.0 Å². The number of rotatable bonds is 2. The SMILES string of the molecule is [O-]n1c(-c2cccc(-c3nc4ccccc4n3[O-])n2)nc2ccccc21. The summed E-state index contributed by atoms with van der Waals surface area (Å²) >= 11 is 0. The number of benzene rings is 2. The summed E-state index contributed by atoms with van der Waals surface area (Å²) < 4.78 is 1.50. The van der Waals surface area contributed by atoms with Gasteiger partial charge in [-0.05, 0) is 36.4 Å². The lowest BCUT2D eigenvalue weighted by atomic mass is 10.3. The fourth-order valence-corrected chi connectivity index (χ4v) is 3.01. The Bertz CT molecular complexity index is 1180. The molecule has 7 nitrogen and oxygen atoms in total. The first-order valence-corrected chi connectivity index (χ1v) is 8.00. The molecule has 0 fully saturated rings. The third kappa shape index (κ3) is 2.04. The van der Waals surface area contributed by atoms with Crippen LogP contribution in [0.2, 0.25) is 0 Å². The number of imidazole rings is 2. The molecular formula is C19H11N5O2-2. The van der Waals surface area contributed by atoms with E-state index in [9.17, 15) is 10.4 Å². The highest BCUT2D eigenvalue weighted by Crippen LogP contribution is 2.26. The lowest BCUT2D eigenvalue weighted by Crippen LogP contribution is -1.97. The number of para-hydroxylation sites is 4. The highest BCUT2D eigenvalue weighted by molar-refractivity contribution is 5.82. The molecule has 0 N–H and O–H groups in total. The van der Waals surface area contributed by atoms with Gasteiger partial charge in [-0.15, -0.1) is 0 Å². The molecule has 0 aliphatic carbocycles. The van der Waals surface area contributed by atoms with E-state index in [4.69, 9.17) is 0 Å². The topological polar surface area (TPSA) is 94.6 Å². The third-order valence-corrected chi connectivity index (χ3v) is 4.25. The summed E-state index contributed by atoms with van der Waals surface area (Å²) in [5.41, 5.74) is 2.93. The van der Waals surface area contributed by atoms with E-state index in [0.29, 0.717) is 33.5 Å². The van der Waals surface area contributed by atoms with Crippen LogP contribution in [0, 0.1) is 10.4 Å². The molecular weight excluding hydrogens is 330 g/mol. The van der Waals surface area contributed by atoms with Crippen molar-refractivity contribution in [1.29, 1.82) is 0 Å². The van der Waals surface area contributed by atoms with Crippen molar-refractivity contribution in [3.63, 3.8) is 0 Å². The molecule has 2 aromatic carbocycles. The molecule has 0 radical (unpaired) electrons. The van der Waals surface area contributed by atoms with Gasteiger partial charge in [0.1, 0.15) is 11.4 Å². The Hall–Kier alpha value is -3.87. The highest BCUT2D eigenvalue weighted by Gasteiger charge is 2.13.